The number of likely N-dealkylation sites (N-methyl/N-ethyl adjacent to an activating group) is 1. The molecule has 2 aromatic rings. The van der Waals surface area contributed by atoms with Crippen LogP contribution in [0.4, 0.5) is 15.8 Å². The molecule has 19 heavy (non-hydrogen) atoms. The van der Waals surface area contributed by atoms with Crippen molar-refractivity contribution in [3.63, 3.8) is 0 Å². The first-order chi connectivity index (χ1) is 9.08. The quantitative estimate of drug-likeness (QED) is 0.852. The van der Waals surface area contributed by atoms with Crippen LogP contribution < -0.4 is 10.6 Å². The molecule has 0 aliphatic heterocycles. The number of hydrogen-bond donors (Lipinski definition) is 1. The van der Waals surface area contributed by atoms with Crippen LogP contribution >= 0.6 is 0 Å². The van der Waals surface area contributed by atoms with E-state index in [1.54, 1.807) is 13.0 Å². The Bertz CT molecular complexity index is 552. The normalized spacial score (nSPS) is 10.5. The van der Waals surface area contributed by atoms with Crippen LogP contribution in [0, 0.1) is 12.7 Å². The third kappa shape index (κ3) is 3.25. The number of nitrogens with zero attached hydrogens (tertiary/aromatic N) is 1. The highest BCUT2D eigenvalue weighted by molar-refractivity contribution is 5.68. The fourth-order valence-corrected chi connectivity index (χ4v) is 2.07. The van der Waals surface area contributed by atoms with E-state index in [4.69, 9.17) is 5.73 Å². The molecule has 0 atom stereocenters. The van der Waals surface area contributed by atoms with Crippen LogP contribution in [0.3, 0.4) is 0 Å². The summed E-state index contributed by atoms with van der Waals surface area (Å²) in [5.41, 5.74) is 9.15. The number of aryl methyl sites for hydroxylation is 1. The SMILES string of the molecule is Cc1cc(N(C)CCc2ccccc2)c(N)cc1F. The molecule has 0 spiro atoms. The van der Waals surface area contributed by atoms with Gasteiger partial charge in [0.05, 0.1) is 11.4 Å². The molecule has 2 rings (SSSR count). The summed E-state index contributed by atoms with van der Waals surface area (Å²) in [6.45, 7) is 2.60. The number of halogens is 1. The van der Waals surface area contributed by atoms with Crippen LogP contribution in [0.2, 0.25) is 0 Å². The van der Waals surface area contributed by atoms with Crippen LogP contribution in [0.1, 0.15) is 11.1 Å². The minimum Gasteiger partial charge on any atom is -0.397 e. The average molecular weight is 258 g/mol. The van der Waals surface area contributed by atoms with Gasteiger partial charge in [-0.05, 0) is 36.6 Å². The molecular formula is C16H19FN2. The highest BCUT2D eigenvalue weighted by atomic mass is 19.1. The highest BCUT2D eigenvalue weighted by Crippen LogP contribution is 2.25. The molecule has 0 saturated heterocycles. The molecule has 3 heteroatoms. The molecular weight excluding hydrogens is 239 g/mol. The van der Waals surface area contributed by atoms with Gasteiger partial charge in [0, 0.05) is 13.6 Å². The summed E-state index contributed by atoms with van der Waals surface area (Å²) in [6, 6.07) is 13.5. The van der Waals surface area contributed by atoms with Crippen molar-refractivity contribution in [2.45, 2.75) is 13.3 Å². The van der Waals surface area contributed by atoms with E-state index in [1.165, 1.54) is 11.6 Å². The molecule has 0 aromatic heterocycles. The zero-order chi connectivity index (χ0) is 13.8. The molecule has 0 fully saturated rings. The average Bonchev–Trinajstić information content (AvgIpc) is 2.41. The van der Waals surface area contributed by atoms with E-state index in [0.29, 0.717) is 11.3 Å². The highest BCUT2D eigenvalue weighted by Gasteiger charge is 2.09. The van der Waals surface area contributed by atoms with Crippen molar-refractivity contribution in [1.29, 1.82) is 0 Å². The number of nitrogen functional groups attached to an aromatic ring is 1. The van der Waals surface area contributed by atoms with Gasteiger partial charge in [-0.2, -0.15) is 0 Å². The standard InChI is InChI=1S/C16H19FN2/c1-12-10-16(15(18)11-14(12)17)19(2)9-8-13-6-4-3-5-7-13/h3-7,10-11H,8-9,18H2,1-2H3. The van der Waals surface area contributed by atoms with Gasteiger partial charge in [0.25, 0.3) is 0 Å². The third-order valence-electron chi connectivity index (χ3n) is 3.30. The van der Waals surface area contributed by atoms with E-state index in [9.17, 15) is 4.39 Å². The van der Waals surface area contributed by atoms with Crippen LogP contribution in [0.15, 0.2) is 42.5 Å². The number of benzene rings is 2. The first kappa shape index (κ1) is 13.4. The lowest BCUT2D eigenvalue weighted by Gasteiger charge is -2.22. The minimum atomic E-state index is -0.252. The van der Waals surface area contributed by atoms with Crippen LogP contribution in [-0.2, 0) is 6.42 Å². The topological polar surface area (TPSA) is 29.3 Å². The van der Waals surface area contributed by atoms with Gasteiger partial charge < -0.3 is 10.6 Å². The molecule has 0 aliphatic carbocycles. The van der Waals surface area contributed by atoms with Gasteiger partial charge in [0.15, 0.2) is 0 Å². The van der Waals surface area contributed by atoms with Gasteiger partial charge in [0.2, 0.25) is 0 Å². The summed E-state index contributed by atoms with van der Waals surface area (Å²) in [5.74, 6) is -0.252. The molecule has 2 nitrogen and oxygen atoms in total. The van der Waals surface area contributed by atoms with Crippen molar-refractivity contribution in [3.8, 4) is 0 Å². The van der Waals surface area contributed by atoms with E-state index in [-0.39, 0.29) is 5.82 Å². The van der Waals surface area contributed by atoms with Crippen molar-refractivity contribution >= 4 is 11.4 Å². The molecule has 0 saturated carbocycles. The third-order valence-corrected chi connectivity index (χ3v) is 3.30. The van der Waals surface area contributed by atoms with Gasteiger partial charge in [-0.25, -0.2) is 4.39 Å². The Morgan fingerprint density at radius 2 is 1.84 bits per heavy atom. The number of anilines is 2. The summed E-state index contributed by atoms with van der Waals surface area (Å²) in [5, 5.41) is 0. The summed E-state index contributed by atoms with van der Waals surface area (Å²) < 4.78 is 13.4. The largest absolute Gasteiger partial charge is 0.397 e. The van der Waals surface area contributed by atoms with E-state index in [0.717, 1.165) is 18.7 Å². The van der Waals surface area contributed by atoms with Gasteiger partial charge in [-0.3, -0.25) is 0 Å². The number of hydrogen-bond acceptors (Lipinski definition) is 2. The molecule has 0 aliphatic rings. The summed E-state index contributed by atoms with van der Waals surface area (Å²) in [7, 11) is 1.98. The van der Waals surface area contributed by atoms with E-state index in [1.807, 2.05) is 25.2 Å². The zero-order valence-corrected chi connectivity index (χ0v) is 11.4. The fraction of sp³-hybridized carbons (Fsp3) is 0.250. The Hall–Kier alpha value is -2.03. The Morgan fingerprint density at radius 1 is 1.16 bits per heavy atom. The second-order valence-corrected chi connectivity index (χ2v) is 4.82. The fourth-order valence-electron chi connectivity index (χ4n) is 2.07. The summed E-state index contributed by atoms with van der Waals surface area (Å²) in [6.07, 6.45) is 0.938. The summed E-state index contributed by atoms with van der Waals surface area (Å²) in [4.78, 5) is 2.06. The van der Waals surface area contributed by atoms with Gasteiger partial charge in [-0.1, -0.05) is 30.3 Å². The minimum absolute atomic E-state index is 0.252. The van der Waals surface area contributed by atoms with Crippen molar-refractivity contribution in [3.05, 3.63) is 59.4 Å². The van der Waals surface area contributed by atoms with Crippen molar-refractivity contribution in [2.24, 2.45) is 0 Å². The van der Waals surface area contributed by atoms with Crippen molar-refractivity contribution in [2.75, 3.05) is 24.2 Å². The molecule has 0 unspecified atom stereocenters. The molecule has 0 radical (unpaired) electrons. The van der Waals surface area contributed by atoms with Gasteiger partial charge >= 0.3 is 0 Å². The first-order valence-electron chi connectivity index (χ1n) is 6.38. The van der Waals surface area contributed by atoms with Crippen LogP contribution in [-0.4, -0.2) is 13.6 Å². The monoisotopic (exact) mass is 258 g/mol. The molecule has 2 aromatic carbocycles. The van der Waals surface area contributed by atoms with Crippen molar-refractivity contribution in [1.82, 2.24) is 0 Å². The summed E-state index contributed by atoms with van der Waals surface area (Å²) >= 11 is 0. The van der Waals surface area contributed by atoms with Crippen LogP contribution in [0.25, 0.3) is 0 Å². The Kier molecular flexibility index (Phi) is 4.05. The number of nitrogens with two attached hydrogens (primary N) is 1. The molecule has 2 N–H and O–H groups in total. The van der Waals surface area contributed by atoms with E-state index in [2.05, 4.69) is 17.0 Å². The molecule has 0 bridgehead atoms. The maximum absolute atomic E-state index is 13.4. The van der Waals surface area contributed by atoms with E-state index < -0.39 is 0 Å². The maximum Gasteiger partial charge on any atom is 0.128 e. The maximum atomic E-state index is 13.4. The lowest BCUT2D eigenvalue weighted by Crippen LogP contribution is -2.21. The van der Waals surface area contributed by atoms with Crippen molar-refractivity contribution < 1.29 is 4.39 Å². The number of rotatable bonds is 4. The molecule has 0 amide bonds. The van der Waals surface area contributed by atoms with Crippen LogP contribution in [0.5, 0.6) is 0 Å². The second kappa shape index (κ2) is 5.74. The van der Waals surface area contributed by atoms with Gasteiger partial charge in [-0.15, -0.1) is 0 Å². The molecule has 100 valence electrons. The predicted molar refractivity (Wildman–Crippen MR) is 79.0 cm³/mol. The Labute approximate surface area is 113 Å². The zero-order valence-electron chi connectivity index (χ0n) is 11.4. The van der Waals surface area contributed by atoms with Gasteiger partial charge in [0.1, 0.15) is 5.82 Å². The first-order valence-corrected chi connectivity index (χ1v) is 6.38. The Balaban J connectivity index is 2.08. The molecule has 0 heterocycles. The smallest absolute Gasteiger partial charge is 0.128 e. The lowest BCUT2D eigenvalue weighted by atomic mass is 10.1. The predicted octanol–water partition coefficient (Wildman–Crippen LogP) is 3.40. The Morgan fingerprint density at radius 3 is 2.53 bits per heavy atom. The van der Waals surface area contributed by atoms with E-state index >= 15 is 0 Å². The lowest BCUT2D eigenvalue weighted by molar-refractivity contribution is 0.619. The second-order valence-electron chi connectivity index (χ2n) is 4.82.